The molecule has 0 radical (unpaired) electrons. The number of aliphatic hydroxyl groups excluding tert-OH is 2. The van der Waals surface area contributed by atoms with Gasteiger partial charge in [-0.05, 0) is 53.8 Å². The van der Waals surface area contributed by atoms with Gasteiger partial charge in [0.25, 0.3) is 0 Å². The molecule has 5 aliphatic carbocycles. The number of hydrogen-bond acceptors (Lipinski definition) is 2. The van der Waals surface area contributed by atoms with E-state index in [1.807, 2.05) is 0 Å². The van der Waals surface area contributed by atoms with Crippen LogP contribution >= 0.6 is 0 Å². The molecule has 10 atom stereocenters. The molecule has 70 valence electrons. The summed E-state index contributed by atoms with van der Waals surface area (Å²) in [5.74, 6) is 5.33. The van der Waals surface area contributed by atoms with Crippen molar-refractivity contribution in [2.24, 2.45) is 47.3 Å². The summed E-state index contributed by atoms with van der Waals surface area (Å²) >= 11 is 0. The van der Waals surface area contributed by atoms with E-state index in [1.165, 1.54) is 6.42 Å². The van der Waals surface area contributed by atoms with Crippen LogP contribution in [-0.4, -0.2) is 22.4 Å². The van der Waals surface area contributed by atoms with Crippen LogP contribution in [0.4, 0.5) is 0 Å². The van der Waals surface area contributed by atoms with Gasteiger partial charge >= 0.3 is 0 Å². The van der Waals surface area contributed by atoms with Gasteiger partial charge in [0.2, 0.25) is 0 Å². The van der Waals surface area contributed by atoms with Gasteiger partial charge in [0.15, 0.2) is 0 Å². The highest BCUT2D eigenvalue weighted by atomic mass is 16.3. The van der Waals surface area contributed by atoms with Crippen LogP contribution in [0.5, 0.6) is 0 Å². The molecule has 0 aromatic carbocycles. The lowest BCUT2D eigenvalue weighted by molar-refractivity contribution is -0.109. The van der Waals surface area contributed by atoms with E-state index in [1.54, 1.807) is 0 Å². The lowest BCUT2D eigenvalue weighted by atomic mass is 9.58. The lowest BCUT2D eigenvalue weighted by Crippen LogP contribution is -2.51. The minimum atomic E-state index is -0.0304. The fourth-order valence-corrected chi connectivity index (χ4v) is 6.44. The van der Waals surface area contributed by atoms with Crippen molar-refractivity contribution in [2.45, 2.75) is 18.6 Å². The van der Waals surface area contributed by atoms with Crippen molar-refractivity contribution in [1.82, 2.24) is 0 Å². The molecule has 0 saturated heterocycles. The summed E-state index contributed by atoms with van der Waals surface area (Å²) in [6.45, 7) is 0. The molecule has 13 heavy (non-hydrogen) atoms. The predicted molar refractivity (Wildman–Crippen MR) is 44.6 cm³/mol. The zero-order valence-electron chi connectivity index (χ0n) is 7.38. The molecule has 5 saturated carbocycles. The van der Waals surface area contributed by atoms with Crippen molar-refractivity contribution < 1.29 is 10.2 Å². The second kappa shape index (κ2) is 1.49. The number of aliphatic hydroxyl groups is 2. The largest absolute Gasteiger partial charge is 0.393 e. The first-order chi connectivity index (χ1) is 6.30. The van der Waals surface area contributed by atoms with Gasteiger partial charge in [-0.3, -0.25) is 0 Å². The van der Waals surface area contributed by atoms with Crippen LogP contribution < -0.4 is 0 Å². The molecule has 0 aliphatic heterocycles. The summed E-state index contributed by atoms with van der Waals surface area (Å²) in [7, 11) is 0. The van der Waals surface area contributed by atoms with Crippen molar-refractivity contribution in [1.29, 1.82) is 0 Å². The van der Waals surface area contributed by atoms with Crippen LogP contribution in [0.15, 0.2) is 0 Å². The lowest BCUT2D eigenvalue weighted by Gasteiger charge is -2.47. The van der Waals surface area contributed by atoms with Crippen molar-refractivity contribution in [2.75, 3.05) is 0 Å². The quantitative estimate of drug-likeness (QED) is 0.552. The van der Waals surface area contributed by atoms with Gasteiger partial charge in [-0.2, -0.15) is 0 Å². The van der Waals surface area contributed by atoms with Crippen LogP contribution in [0, 0.1) is 47.3 Å². The maximum absolute atomic E-state index is 10.1. The molecule has 2 N–H and O–H groups in total. The second-order valence-corrected chi connectivity index (χ2v) is 6.01. The minimum Gasteiger partial charge on any atom is -0.393 e. The maximum Gasteiger partial charge on any atom is 0.0609 e. The first-order valence-electron chi connectivity index (χ1n) is 5.67. The van der Waals surface area contributed by atoms with Gasteiger partial charge in [0, 0.05) is 0 Å². The first-order valence-corrected chi connectivity index (χ1v) is 5.67. The zero-order chi connectivity index (χ0) is 8.48. The van der Waals surface area contributed by atoms with Crippen LogP contribution in [0.2, 0.25) is 0 Å². The Morgan fingerprint density at radius 1 is 0.615 bits per heavy atom. The topological polar surface area (TPSA) is 40.5 Å². The van der Waals surface area contributed by atoms with E-state index in [9.17, 15) is 10.2 Å². The van der Waals surface area contributed by atoms with E-state index in [-0.39, 0.29) is 12.2 Å². The molecule has 5 rings (SSSR count). The van der Waals surface area contributed by atoms with Crippen molar-refractivity contribution in [3.05, 3.63) is 0 Å². The van der Waals surface area contributed by atoms with Gasteiger partial charge in [-0.15, -0.1) is 0 Å². The third kappa shape index (κ3) is 0.375. The summed E-state index contributed by atoms with van der Waals surface area (Å²) in [6, 6.07) is 0. The molecule has 0 aromatic rings. The highest BCUT2D eigenvalue weighted by Gasteiger charge is 2.83. The molecule has 0 aromatic heterocycles. The van der Waals surface area contributed by atoms with Crippen LogP contribution in [0.3, 0.4) is 0 Å². The Kier molecular flexibility index (Phi) is 0.733. The van der Waals surface area contributed by atoms with E-state index in [0.717, 1.165) is 23.7 Å². The van der Waals surface area contributed by atoms with E-state index in [4.69, 9.17) is 0 Å². The molecular weight excluding hydrogens is 164 g/mol. The van der Waals surface area contributed by atoms with E-state index < -0.39 is 0 Å². The first kappa shape index (κ1) is 6.41. The second-order valence-electron chi connectivity index (χ2n) is 6.01. The van der Waals surface area contributed by atoms with Gasteiger partial charge in [-0.1, -0.05) is 0 Å². The molecule has 0 heterocycles. The monoisotopic (exact) mass is 178 g/mol. The third-order valence-corrected chi connectivity index (χ3v) is 6.32. The number of fused-ring (bicyclic) bond motifs is 2. The fourth-order valence-electron chi connectivity index (χ4n) is 6.44. The standard InChI is InChI=1S/C11H14O2/c12-10-6-2-1-3-5-4(2)8(10)9(5)11(13)7(3)6/h2-13H,1H2. The van der Waals surface area contributed by atoms with Gasteiger partial charge < -0.3 is 10.2 Å². The SMILES string of the molecule is OC1C2C3CC4C2C(O)C2C1C3C42. The Hall–Kier alpha value is -0.0800. The Balaban J connectivity index is 1.83. The normalized spacial score (nSPS) is 85.4. The van der Waals surface area contributed by atoms with Gasteiger partial charge in [0.05, 0.1) is 12.2 Å². The average molecular weight is 178 g/mol. The van der Waals surface area contributed by atoms with E-state index in [2.05, 4.69) is 0 Å². The molecule has 2 nitrogen and oxygen atoms in total. The predicted octanol–water partition coefficient (Wildman–Crippen LogP) is 0.0959. The zero-order valence-corrected chi connectivity index (χ0v) is 7.38. The van der Waals surface area contributed by atoms with Gasteiger partial charge in [0.1, 0.15) is 0 Å². The number of rotatable bonds is 0. The maximum atomic E-state index is 10.1. The van der Waals surface area contributed by atoms with Crippen molar-refractivity contribution >= 4 is 0 Å². The molecular formula is C11H14O2. The summed E-state index contributed by atoms with van der Waals surface area (Å²) in [4.78, 5) is 0. The molecule has 0 spiro atoms. The highest BCUT2D eigenvalue weighted by Crippen LogP contribution is 2.82. The summed E-state index contributed by atoms with van der Waals surface area (Å²) in [5, 5.41) is 20.2. The minimum absolute atomic E-state index is 0.0304. The summed E-state index contributed by atoms with van der Waals surface area (Å²) in [5.41, 5.74) is 0. The Morgan fingerprint density at radius 2 is 1.08 bits per heavy atom. The molecule has 0 amide bonds. The average Bonchev–Trinajstić information content (AvgIpc) is 2.52. The Labute approximate surface area is 76.9 Å². The smallest absolute Gasteiger partial charge is 0.0609 e. The van der Waals surface area contributed by atoms with E-state index >= 15 is 0 Å². The third-order valence-electron chi connectivity index (χ3n) is 6.32. The highest BCUT2D eigenvalue weighted by molar-refractivity contribution is 5.30. The molecule has 2 bridgehead atoms. The molecule has 2 heteroatoms. The Bertz CT molecular complexity index is 281. The fraction of sp³-hybridized carbons (Fsp3) is 1.00. The van der Waals surface area contributed by atoms with Gasteiger partial charge in [-0.25, -0.2) is 0 Å². The Morgan fingerprint density at radius 3 is 1.54 bits per heavy atom. The molecule has 5 aliphatic rings. The van der Waals surface area contributed by atoms with Crippen molar-refractivity contribution in [3.63, 3.8) is 0 Å². The van der Waals surface area contributed by atoms with Crippen LogP contribution in [0.1, 0.15) is 6.42 Å². The molecule has 10 unspecified atom stereocenters. The van der Waals surface area contributed by atoms with Crippen LogP contribution in [0.25, 0.3) is 0 Å². The van der Waals surface area contributed by atoms with Crippen molar-refractivity contribution in [3.8, 4) is 0 Å². The summed E-state index contributed by atoms with van der Waals surface area (Å²) in [6.07, 6.45) is 1.28. The van der Waals surface area contributed by atoms with Crippen LogP contribution in [-0.2, 0) is 0 Å². The summed E-state index contributed by atoms with van der Waals surface area (Å²) < 4.78 is 0. The van der Waals surface area contributed by atoms with E-state index in [0.29, 0.717) is 23.7 Å². The molecule has 5 fully saturated rings. The number of hydrogen-bond donors (Lipinski definition) is 2.